The molecule has 1 aliphatic rings. The summed E-state index contributed by atoms with van der Waals surface area (Å²) in [4.78, 5) is 9.60. The Morgan fingerprint density at radius 3 is 2.86 bits per heavy atom. The molecule has 1 fully saturated rings. The van der Waals surface area contributed by atoms with Gasteiger partial charge in [0.15, 0.2) is 0 Å². The highest BCUT2D eigenvalue weighted by molar-refractivity contribution is 9.10. The van der Waals surface area contributed by atoms with Crippen molar-refractivity contribution in [2.75, 3.05) is 31.6 Å². The number of halogens is 1. The second-order valence-electron chi connectivity index (χ2n) is 6.16. The maximum absolute atomic E-state index is 4.69. The average molecular weight is 355 g/mol. The van der Waals surface area contributed by atoms with E-state index in [1.807, 2.05) is 6.20 Å². The first-order valence-electron chi connectivity index (χ1n) is 7.84. The monoisotopic (exact) mass is 354 g/mol. The van der Waals surface area contributed by atoms with E-state index in [0.29, 0.717) is 12.1 Å². The topological polar surface area (TPSA) is 31.4 Å². The normalized spacial score (nSPS) is 20.3. The number of nitrogens with one attached hydrogen (secondary N) is 1. The zero-order chi connectivity index (χ0) is 15.4. The van der Waals surface area contributed by atoms with E-state index in [9.17, 15) is 0 Å². The highest BCUT2D eigenvalue weighted by Gasteiger charge is 2.25. The fourth-order valence-corrected chi connectivity index (χ4v) is 3.16. The van der Waals surface area contributed by atoms with Gasteiger partial charge < -0.3 is 10.2 Å². The van der Waals surface area contributed by atoms with Gasteiger partial charge in [-0.25, -0.2) is 4.98 Å². The van der Waals surface area contributed by atoms with Crippen molar-refractivity contribution in [1.82, 2.24) is 15.2 Å². The second-order valence-corrected chi connectivity index (χ2v) is 7.08. The Labute approximate surface area is 137 Å². The van der Waals surface area contributed by atoms with Crippen LogP contribution in [0, 0.1) is 0 Å². The fraction of sp³-hybridized carbons (Fsp3) is 0.688. The molecule has 1 unspecified atom stereocenters. The van der Waals surface area contributed by atoms with Crippen molar-refractivity contribution < 1.29 is 0 Å². The lowest BCUT2D eigenvalue weighted by atomic mass is 10.1. The number of anilines is 1. The Bertz CT molecular complexity index is 464. The Balaban J connectivity index is 2.18. The minimum Gasteiger partial charge on any atom is -0.353 e. The predicted molar refractivity (Wildman–Crippen MR) is 92.8 cm³/mol. The Morgan fingerprint density at radius 1 is 1.43 bits per heavy atom. The SMILES string of the molecule is CCC1CN(c2ncc(Br)cc2CNC(C)C)CCN1C. The molecule has 1 aliphatic heterocycles. The first-order chi connectivity index (χ1) is 10.0. The summed E-state index contributed by atoms with van der Waals surface area (Å²) in [5, 5.41) is 3.50. The molecule has 1 aromatic rings. The van der Waals surface area contributed by atoms with Crippen LogP contribution in [0.4, 0.5) is 5.82 Å². The third-order valence-corrected chi connectivity index (χ3v) is 4.59. The summed E-state index contributed by atoms with van der Waals surface area (Å²) in [6, 6.07) is 3.29. The molecule has 0 aliphatic carbocycles. The maximum Gasteiger partial charge on any atom is 0.133 e. The molecule has 21 heavy (non-hydrogen) atoms. The van der Waals surface area contributed by atoms with E-state index < -0.39 is 0 Å². The number of aromatic nitrogens is 1. The van der Waals surface area contributed by atoms with Crippen LogP contribution in [0.1, 0.15) is 32.8 Å². The quantitative estimate of drug-likeness (QED) is 0.880. The molecule has 1 N–H and O–H groups in total. The zero-order valence-corrected chi connectivity index (χ0v) is 15.2. The van der Waals surface area contributed by atoms with Gasteiger partial charge in [-0.15, -0.1) is 0 Å². The molecule has 0 bridgehead atoms. The van der Waals surface area contributed by atoms with E-state index >= 15 is 0 Å². The minimum atomic E-state index is 0.479. The number of likely N-dealkylation sites (N-methyl/N-ethyl adjacent to an activating group) is 1. The average Bonchev–Trinajstić information content (AvgIpc) is 2.46. The summed E-state index contributed by atoms with van der Waals surface area (Å²) in [6.45, 7) is 10.7. The van der Waals surface area contributed by atoms with Crippen molar-refractivity contribution in [1.29, 1.82) is 0 Å². The molecule has 0 spiro atoms. The number of nitrogens with zero attached hydrogens (tertiary/aromatic N) is 3. The van der Waals surface area contributed by atoms with Crippen LogP contribution in [-0.2, 0) is 6.54 Å². The molecular weight excluding hydrogens is 328 g/mol. The molecule has 1 atom stereocenters. The summed E-state index contributed by atoms with van der Waals surface area (Å²) in [7, 11) is 2.22. The number of hydrogen-bond donors (Lipinski definition) is 1. The Hall–Kier alpha value is -0.650. The Kier molecular flexibility index (Phi) is 6.02. The van der Waals surface area contributed by atoms with Crippen LogP contribution < -0.4 is 10.2 Å². The summed E-state index contributed by atoms with van der Waals surface area (Å²) < 4.78 is 1.05. The third-order valence-electron chi connectivity index (χ3n) is 4.16. The molecule has 2 heterocycles. The lowest BCUT2D eigenvalue weighted by Gasteiger charge is -2.40. The summed E-state index contributed by atoms with van der Waals surface area (Å²) in [6.07, 6.45) is 3.09. The van der Waals surface area contributed by atoms with Crippen LogP contribution in [0.5, 0.6) is 0 Å². The third kappa shape index (κ3) is 4.41. The van der Waals surface area contributed by atoms with Gasteiger partial charge in [0.1, 0.15) is 5.82 Å². The number of rotatable bonds is 5. The van der Waals surface area contributed by atoms with E-state index in [0.717, 1.165) is 36.5 Å². The molecule has 0 saturated carbocycles. The predicted octanol–water partition coefficient (Wildman–Crippen LogP) is 2.87. The van der Waals surface area contributed by atoms with Crippen molar-refractivity contribution in [3.05, 3.63) is 22.3 Å². The van der Waals surface area contributed by atoms with Crippen molar-refractivity contribution >= 4 is 21.7 Å². The largest absolute Gasteiger partial charge is 0.353 e. The lowest BCUT2D eigenvalue weighted by molar-refractivity contribution is 0.212. The van der Waals surface area contributed by atoms with Crippen molar-refractivity contribution in [2.45, 2.75) is 45.8 Å². The fourth-order valence-electron chi connectivity index (χ4n) is 2.78. The zero-order valence-electron chi connectivity index (χ0n) is 13.6. The van der Waals surface area contributed by atoms with Gasteiger partial charge >= 0.3 is 0 Å². The van der Waals surface area contributed by atoms with Crippen LogP contribution in [0.2, 0.25) is 0 Å². The first kappa shape index (κ1) is 16.7. The van der Waals surface area contributed by atoms with Gasteiger partial charge in [-0.2, -0.15) is 0 Å². The van der Waals surface area contributed by atoms with E-state index in [1.54, 1.807) is 0 Å². The first-order valence-corrected chi connectivity index (χ1v) is 8.63. The van der Waals surface area contributed by atoms with Crippen molar-refractivity contribution in [3.8, 4) is 0 Å². The second kappa shape index (κ2) is 7.56. The minimum absolute atomic E-state index is 0.479. The molecule has 1 saturated heterocycles. The van der Waals surface area contributed by atoms with Crippen LogP contribution in [0.15, 0.2) is 16.7 Å². The van der Waals surface area contributed by atoms with Gasteiger partial charge in [-0.05, 0) is 35.5 Å². The maximum atomic E-state index is 4.69. The molecule has 1 aromatic heterocycles. The van der Waals surface area contributed by atoms with Crippen LogP contribution in [0.3, 0.4) is 0 Å². The molecule has 5 heteroatoms. The molecule has 0 radical (unpaired) electrons. The van der Waals surface area contributed by atoms with E-state index in [4.69, 9.17) is 4.98 Å². The van der Waals surface area contributed by atoms with Gasteiger partial charge in [0.05, 0.1) is 0 Å². The van der Waals surface area contributed by atoms with E-state index in [-0.39, 0.29) is 0 Å². The lowest BCUT2D eigenvalue weighted by Crippen LogP contribution is -2.51. The number of hydrogen-bond acceptors (Lipinski definition) is 4. The van der Waals surface area contributed by atoms with Crippen molar-refractivity contribution in [2.24, 2.45) is 0 Å². The van der Waals surface area contributed by atoms with Gasteiger partial charge in [0, 0.05) is 54.5 Å². The van der Waals surface area contributed by atoms with Crippen LogP contribution >= 0.6 is 15.9 Å². The number of piperazine rings is 1. The molecule has 2 rings (SSSR count). The summed E-state index contributed by atoms with van der Waals surface area (Å²) in [5.74, 6) is 1.14. The molecule has 118 valence electrons. The summed E-state index contributed by atoms with van der Waals surface area (Å²) in [5.41, 5.74) is 1.28. The molecule has 0 amide bonds. The smallest absolute Gasteiger partial charge is 0.133 e. The Morgan fingerprint density at radius 2 is 2.19 bits per heavy atom. The van der Waals surface area contributed by atoms with Crippen molar-refractivity contribution in [3.63, 3.8) is 0 Å². The molecular formula is C16H27BrN4. The number of pyridine rings is 1. The molecule has 4 nitrogen and oxygen atoms in total. The standard InChI is InChI=1S/C16H27BrN4/c1-5-15-11-21(7-6-20(15)4)16-13(9-18-12(2)3)8-14(17)10-19-16/h8,10,12,15,18H,5-7,9,11H2,1-4H3. The summed E-state index contributed by atoms with van der Waals surface area (Å²) >= 11 is 3.55. The van der Waals surface area contributed by atoms with Gasteiger partial charge in [0.2, 0.25) is 0 Å². The van der Waals surface area contributed by atoms with Gasteiger partial charge in [-0.3, -0.25) is 4.90 Å². The van der Waals surface area contributed by atoms with Crippen LogP contribution in [-0.4, -0.2) is 48.6 Å². The van der Waals surface area contributed by atoms with E-state index in [2.05, 4.69) is 64.9 Å². The van der Waals surface area contributed by atoms with E-state index in [1.165, 1.54) is 12.0 Å². The van der Waals surface area contributed by atoms with Gasteiger partial charge in [-0.1, -0.05) is 20.8 Å². The highest BCUT2D eigenvalue weighted by atomic mass is 79.9. The molecule has 0 aromatic carbocycles. The van der Waals surface area contributed by atoms with Gasteiger partial charge in [0.25, 0.3) is 0 Å². The van der Waals surface area contributed by atoms with Crippen LogP contribution in [0.25, 0.3) is 0 Å². The highest BCUT2D eigenvalue weighted by Crippen LogP contribution is 2.24.